The van der Waals surface area contributed by atoms with E-state index in [1.165, 1.54) is 12.8 Å². The van der Waals surface area contributed by atoms with Gasteiger partial charge in [-0.1, -0.05) is 41.2 Å². The van der Waals surface area contributed by atoms with E-state index in [-0.39, 0.29) is 17.1 Å². The smallest absolute Gasteiger partial charge is 0.188 e. The third kappa shape index (κ3) is 2.13. The topological polar surface area (TPSA) is 18.5 Å². The zero-order valence-electron chi connectivity index (χ0n) is 15.4. The minimum Gasteiger partial charge on any atom is -0.340 e. The second-order valence-electron chi connectivity index (χ2n) is 9.30. The van der Waals surface area contributed by atoms with E-state index in [1.54, 1.807) is 0 Å². The first-order valence-electron chi connectivity index (χ1n) is 9.12. The van der Waals surface area contributed by atoms with Crippen molar-refractivity contribution in [2.75, 3.05) is 0 Å². The monoisotopic (exact) mass is 306 g/mol. The minimum atomic E-state index is -0.583. The van der Waals surface area contributed by atoms with Crippen molar-refractivity contribution in [3.05, 3.63) is 12.7 Å². The number of ether oxygens (including phenoxy) is 2. The van der Waals surface area contributed by atoms with Crippen LogP contribution < -0.4 is 0 Å². The molecule has 3 rings (SSSR count). The van der Waals surface area contributed by atoms with Gasteiger partial charge < -0.3 is 9.47 Å². The molecule has 2 heteroatoms. The summed E-state index contributed by atoms with van der Waals surface area (Å²) in [6, 6.07) is 0. The van der Waals surface area contributed by atoms with Crippen LogP contribution >= 0.6 is 0 Å². The predicted molar refractivity (Wildman–Crippen MR) is 90.6 cm³/mol. The highest BCUT2D eigenvalue weighted by atomic mass is 16.8. The van der Waals surface area contributed by atoms with E-state index < -0.39 is 5.79 Å². The van der Waals surface area contributed by atoms with E-state index in [1.807, 2.05) is 6.08 Å². The summed E-state index contributed by atoms with van der Waals surface area (Å²) in [6.07, 6.45) is 7.79. The standard InChI is InChI=1S/C20H34O2/c1-8-20(9-2)21-16-12-18(6)14(3)10-11-15(18)17(4,5)13-19(16,7)22-20/h8,14-16H,1,9-13H2,2-7H3/t14-,15+,16+,18-,19-,20-/m1/s1. The molecule has 0 aromatic rings. The molecule has 0 amide bonds. The Hall–Kier alpha value is -0.340. The maximum Gasteiger partial charge on any atom is 0.188 e. The number of fused-ring (bicyclic) bond motifs is 2. The number of hydrogen-bond acceptors (Lipinski definition) is 2. The van der Waals surface area contributed by atoms with Gasteiger partial charge in [-0.3, -0.25) is 0 Å². The molecule has 0 aromatic heterocycles. The van der Waals surface area contributed by atoms with Crippen molar-refractivity contribution in [1.82, 2.24) is 0 Å². The Balaban J connectivity index is 2.02. The van der Waals surface area contributed by atoms with Crippen LogP contribution in [0.3, 0.4) is 0 Å². The van der Waals surface area contributed by atoms with Crippen molar-refractivity contribution >= 4 is 0 Å². The Morgan fingerprint density at radius 1 is 1.18 bits per heavy atom. The van der Waals surface area contributed by atoms with E-state index in [0.29, 0.717) is 5.41 Å². The minimum absolute atomic E-state index is 0.181. The summed E-state index contributed by atoms with van der Waals surface area (Å²) in [6.45, 7) is 18.2. The molecular formula is C20H34O2. The molecule has 3 aliphatic rings. The molecule has 0 bridgehead atoms. The lowest BCUT2D eigenvalue weighted by molar-refractivity contribution is -0.165. The Morgan fingerprint density at radius 3 is 2.45 bits per heavy atom. The average molecular weight is 306 g/mol. The molecule has 0 unspecified atom stereocenters. The molecule has 1 aliphatic heterocycles. The van der Waals surface area contributed by atoms with Crippen LogP contribution in [-0.4, -0.2) is 17.5 Å². The highest BCUT2D eigenvalue weighted by Gasteiger charge is 2.63. The van der Waals surface area contributed by atoms with Crippen LogP contribution in [0.15, 0.2) is 12.7 Å². The molecule has 126 valence electrons. The maximum absolute atomic E-state index is 6.56. The van der Waals surface area contributed by atoms with Crippen LogP contribution in [0.25, 0.3) is 0 Å². The molecule has 3 fully saturated rings. The summed E-state index contributed by atoms with van der Waals surface area (Å²) in [5.74, 6) is 0.952. The molecule has 2 saturated carbocycles. The molecule has 2 nitrogen and oxygen atoms in total. The van der Waals surface area contributed by atoms with Gasteiger partial charge in [-0.15, -0.1) is 0 Å². The fourth-order valence-electron chi connectivity index (χ4n) is 6.12. The van der Waals surface area contributed by atoms with Crippen LogP contribution in [0.2, 0.25) is 0 Å². The van der Waals surface area contributed by atoms with Crippen molar-refractivity contribution < 1.29 is 9.47 Å². The second-order valence-corrected chi connectivity index (χ2v) is 9.30. The summed E-state index contributed by atoms with van der Waals surface area (Å²) in [5.41, 5.74) is 0.457. The normalized spacial score (nSPS) is 53.6. The third-order valence-corrected chi connectivity index (χ3v) is 7.42. The van der Waals surface area contributed by atoms with Crippen LogP contribution in [0.4, 0.5) is 0 Å². The maximum atomic E-state index is 6.56. The second kappa shape index (κ2) is 4.83. The zero-order valence-corrected chi connectivity index (χ0v) is 15.4. The fraction of sp³-hybridized carbons (Fsp3) is 0.900. The molecule has 0 N–H and O–H groups in total. The van der Waals surface area contributed by atoms with Gasteiger partial charge in [-0.05, 0) is 61.3 Å². The van der Waals surface area contributed by atoms with Gasteiger partial charge in [0.25, 0.3) is 0 Å². The molecule has 1 saturated heterocycles. The van der Waals surface area contributed by atoms with Gasteiger partial charge in [0.1, 0.15) is 0 Å². The van der Waals surface area contributed by atoms with Gasteiger partial charge in [0, 0.05) is 6.42 Å². The Bertz CT molecular complexity index is 470. The lowest BCUT2D eigenvalue weighted by atomic mass is 9.62. The van der Waals surface area contributed by atoms with Crippen molar-refractivity contribution in [2.24, 2.45) is 22.7 Å². The Kier molecular flexibility index (Phi) is 3.63. The van der Waals surface area contributed by atoms with Crippen LogP contribution in [0.1, 0.15) is 73.6 Å². The van der Waals surface area contributed by atoms with Crippen molar-refractivity contribution in [3.63, 3.8) is 0 Å². The highest BCUT2D eigenvalue weighted by Crippen LogP contribution is 2.64. The van der Waals surface area contributed by atoms with Crippen molar-refractivity contribution in [1.29, 1.82) is 0 Å². The molecular weight excluding hydrogens is 272 g/mol. The molecule has 2 aliphatic carbocycles. The van der Waals surface area contributed by atoms with Gasteiger partial charge in [-0.2, -0.15) is 0 Å². The first-order chi connectivity index (χ1) is 10.1. The van der Waals surface area contributed by atoms with Crippen LogP contribution in [0.5, 0.6) is 0 Å². The summed E-state index contributed by atoms with van der Waals surface area (Å²) in [5, 5.41) is 0. The summed E-state index contributed by atoms with van der Waals surface area (Å²) >= 11 is 0. The summed E-state index contributed by atoms with van der Waals surface area (Å²) in [4.78, 5) is 0. The quantitative estimate of drug-likeness (QED) is 0.642. The fourth-order valence-corrected chi connectivity index (χ4v) is 6.12. The van der Waals surface area contributed by atoms with Crippen LogP contribution in [0, 0.1) is 22.7 Å². The van der Waals surface area contributed by atoms with Crippen molar-refractivity contribution in [2.45, 2.75) is 91.1 Å². The van der Waals surface area contributed by atoms with Gasteiger partial charge in [0.2, 0.25) is 0 Å². The van der Waals surface area contributed by atoms with E-state index in [0.717, 1.165) is 31.1 Å². The van der Waals surface area contributed by atoms with E-state index >= 15 is 0 Å². The molecule has 6 atom stereocenters. The predicted octanol–water partition coefficient (Wildman–Crippen LogP) is 5.33. The molecule has 1 heterocycles. The van der Waals surface area contributed by atoms with E-state index in [2.05, 4.69) is 48.1 Å². The summed E-state index contributed by atoms with van der Waals surface area (Å²) in [7, 11) is 0. The molecule has 22 heavy (non-hydrogen) atoms. The SMILES string of the molecule is C=C[C@@]1(CC)O[C@H]2C[C@]3(C)[C@H](C)CC[C@H]3C(C)(C)C[C@@]2(C)O1. The molecule has 0 spiro atoms. The Morgan fingerprint density at radius 2 is 1.86 bits per heavy atom. The first kappa shape index (κ1) is 16.5. The van der Waals surface area contributed by atoms with Gasteiger partial charge in [-0.25, -0.2) is 0 Å². The number of hydrogen-bond donors (Lipinski definition) is 0. The zero-order chi connectivity index (χ0) is 16.4. The number of rotatable bonds is 2. The molecule has 0 radical (unpaired) electrons. The lowest BCUT2D eigenvalue weighted by Gasteiger charge is -2.43. The van der Waals surface area contributed by atoms with E-state index in [9.17, 15) is 0 Å². The highest BCUT2D eigenvalue weighted by molar-refractivity contribution is 5.12. The van der Waals surface area contributed by atoms with Gasteiger partial charge in [0.15, 0.2) is 5.79 Å². The third-order valence-electron chi connectivity index (χ3n) is 7.42. The van der Waals surface area contributed by atoms with Crippen molar-refractivity contribution in [3.8, 4) is 0 Å². The largest absolute Gasteiger partial charge is 0.340 e. The first-order valence-corrected chi connectivity index (χ1v) is 9.12. The lowest BCUT2D eigenvalue weighted by Crippen LogP contribution is -2.40. The Labute approximate surface area is 136 Å². The van der Waals surface area contributed by atoms with E-state index in [4.69, 9.17) is 9.47 Å². The molecule has 0 aromatic carbocycles. The average Bonchev–Trinajstić information content (AvgIpc) is 2.84. The summed E-state index contributed by atoms with van der Waals surface area (Å²) < 4.78 is 13.1. The van der Waals surface area contributed by atoms with Crippen LogP contribution in [-0.2, 0) is 9.47 Å². The van der Waals surface area contributed by atoms with Gasteiger partial charge >= 0.3 is 0 Å². The van der Waals surface area contributed by atoms with Gasteiger partial charge in [0.05, 0.1) is 11.7 Å².